The van der Waals surface area contributed by atoms with Gasteiger partial charge in [-0.3, -0.25) is 4.98 Å². The van der Waals surface area contributed by atoms with Crippen LogP contribution in [-0.2, 0) is 0 Å². The summed E-state index contributed by atoms with van der Waals surface area (Å²) in [7, 11) is 0. The summed E-state index contributed by atoms with van der Waals surface area (Å²) in [5.41, 5.74) is 10.7. The van der Waals surface area contributed by atoms with Crippen LogP contribution in [0.2, 0.25) is 0 Å². The molecule has 106 valence electrons. The van der Waals surface area contributed by atoms with E-state index in [1.807, 2.05) is 44.2 Å². The number of nitrogens with two attached hydrogens (primary N) is 1. The SMILES string of the molecule is Cc1ccc2cc(-c3cc(F)ccc3C(C)N)ccc2n1. The summed E-state index contributed by atoms with van der Waals surface area (Å²) in [6, 6.07) is 14.6. The molecule has 2 aromatic carbocycles. The summed E-state index contributed by atoms with van der Waals surface area (Å²) in [5.74, 6) is -0.253. The molecule has 1 aromatic heterocycles. The number of hydrogen-bond donors (Lipinski definition) is 1. The molecule has 21 heavy (non-hydrogen) atoms. The monoisotopic (exact) mass is 280 g/mol. The average Bonchev–Trinajstić information content (AvgIpc) is 2.46. The maximum atomic E-state index is 13.6. The molecule has 0 amide bonds. The predicted octanol–water partition coefficient (Wildman–Crippen LogP) is 4.37. The van der Waals surface area contributed by atoms with Gasteiger partial charge in [-0.1, -0.05) is 18.2 Å². The first-order valence-corrected chi connectivity index (χ1v) is 6.97. The molecule has 0 radical (unpaired) electrons. The molecule has 3 heteroatoms. The first-order valence-electron chi connectivity index (χ1n) is 6.97. The highest BCUT2D eigenvalue weighted by Gasteiger charge is 2.11. The fraction of sp³-hybridized carbons (Fsp3) is 0.167. The Bertz CT molecular complexity index is 809. The Morgan fingerprint density at radius 2 is 1.86 bits per heavy atom. The molecular formula is C18H17FN2. The third-order valence-electron chi connectivity index (χ3n) is 3.65. The summed E-state index contributed by atoms with van der Waals surface area (Å²) < 4.78 is 13.6. The Hall–Kier alpha value is -2.26. The van der Waals surface area contributed by atoms with Crippen LogP contribution in [0.4, 0.5) is 4.39 Å². The van der Waals surface area contributed by atoms with Crippen LogP contribution in [0.5, 0.6) is 0 Å². The molecule has 0 aliphatic carbocycles. The minimum atomic E-state index is -0.253. The molecule has 0 saturated carbocycles. The van der Waals surface area contributed by atoms with Crippen molar-refractivity contribution in [2.45, 2.75) is 19.9 Å². The topological polar surface area (TPSA) is 38.9 Å². The van der Waals surface area contributed by atoms with Crippen LogP contribution < -0.4 is 5.73 Å². The van der Waals surface area contributed by atoms with Gasteiger partial charge in [0.15, 0.2) is 0 Å². The Morgan fingerprint density at radius 3 is 2.62 bits per heavy atom. The number of fused-ring (bicyclic) bond motifs is 1. The fourth-order valence-corrected chi connectivity index (χ4v) is 2.57. The first kappa shape index (κ1) is 13.7. The van der Waals surface area contributed by atoms with E-state index in [-0.39, 0.29) is 11.9 Å². The summed E-state index contributed by atoms with van der Waals surface area (Å²) in [6.45, 7) is 3.87. The molecule has 2 N–H and O–H groups in total. The van der Waals surface area contributed by atoms with Gasteiger partial charge in [0.05, 0.1) is 5.52 Å². The Labute approximate surface area is 123 Å². The second-order valence-electron chi connectivity index (χ2n) is 5.38. The number of aryl methyl sites for hydroxylation is 1. The lowest BCUT2D eigenvalue weighted by Gasteiger charge is -2.13. The fourth-order valence-electron chi connectivity index (χ4n) is 2.57. The third kappa shape index (κ3) is 2.65. The van der Waals surface area contributed by atoms with Crippen LogP contribution in [0.25, 0.3) is 22.0 Å². The van der Waals surface area contributed by atoms with Crippen LogP contribution in [-0.4, -0.2) is 4.98 Å². The largest absolute Gasteiger partial charge is 0.324 e. The number of aromatic nitrogens is 1. The maximum Gasteiger partial charge on any atom is 0.123 e. The van der Waals surface area contributed by atoms with Crippen LogP contribution in [0.1, 0.15) is 24.2 Å². The van der Waals surface area contributed by atoms with Gasteiger partial charge in [-0.05, 0) is 60.9 Å². The van der Waals surface area contributed by atoms with Crippen molar-refractivity contribution < 1.29 is 4.39 Å². The lowest BCUT2D eigenvalue weighted by Crippen LogP contribution is -2.07. The second kappa shape index (κ2) is 5.26. The predicted molar refractivity (Wildman–Crippen MR) is 84.5 cm³/mol. The number of nitrogens with zero attached hydrogens (tertiary/aromatic N) is 1. The summed E-state index contributed by atoms with van der Waals surface area (Å²) in [5, 5.41) is 1.04. The van der Waals surface area contributed by atoms with Crippen molar-refractivity contribution in [3.05, 3.63) is 65.6 Å². The zero-order valence-corrected chi connectivity index (χ0v) is 12.1. The molecule has 0 aliphatic heterocycles. The van der Waals surface area contributed by atoms with Crippen LogP contribution in [0, 0.1) is 12.7 Å². The van der Waals surface area contributed by atoms with Crippen molar-refractivity contribution in [3.63, 3.8) is 0 Å². The first-order chi connectivity index (χ1) is 10.0. The Kier molecular flexibility index (Phi) is 3.43. The highest BCUT2D eigenvalue weighted by atomic mass is 19.1. The van der Waals surface area contributed by atoms with Gasteiger partial charge in [0, 0.05) is 17.1 Å². The van der Waals surface area contributed by atoms with E-state index in [0.717, 1.165) is 33.3 Å². The lowest BCUT2D eigenvalue weighted by molar-refractivity contribution is 0.626. The highest BCUT2D eigenvalue weighted by Crippen LogP contribution is 2.30. The number of benzene rings is 2. The Morgan fingerprint density at radius 1 is 1.05 bits per heavy atom. The zero-order valence-electron chi connectivity index (χ0n) is 12.1. The number of rotatable bonds is 2. The highest BCUT2D eigenvalue weighted by molar-refractivity contribution is 5.85. The van der Waals surface area contributed by atoms with Crippen LogP contribution in [0.15, 0.2) is 48.5 Å². The summed E-state index contributed by atoms with van der Waals surface area (Å²) in [6.07, 6.45) is 0. The molecule has 0 aliphatic rings. The zero-order chi connectivity index (χ0) is 15.0. The molecule has 0 fully saturated rings. The quantitative estimate of drug-likeness (QED) is 0.757. The summed E-state index contributed by atoms with van der Waals surface area (Å²) in [4.78, 5) is 4.49. The minimum Gasteiger partial charge on any atom is -0.324 e. The van der Waals surface area contributed by atoms with E-state index in [2.05, 4.69) is 4.98 Å². The van der Waals surface area contributed by atoms with Gasteiger partial charge in [-0.2, -0.15) is 0 Å². The van der Waals surface area contributed by atoms with Crippen molar-refractivity contribution in [1.29, 1.82) is 0 Å². The van der Waals surface area contributed by atoms with E-state index in [1.54, 1.807) is 12.1 Å². The van der Waals surface area contributed by atoms with Crippen molar-refractivity contribution in [3.8, 4) is 11.1 Å². The molecule has 0 saturated heterocycles. The standard InChI is InChI=1S/C18H17FN2/c1-11-3-4-14-9-13(5-8-18(14)21-11)17-10-15(19)6-7-16(17)12(2)20/h3-10,12H,20H2,1-2H3. The van der Waals surface area contributed by atoms with Gasteiger partial charge in [-0.25, -0.2) is 4.39 Å². The normalized spacial score (nSPS) is 12.6. The number of hydrogen-bond acceptors (Lipinski definition) is 2. The third-order valence-corrected chi connectivity index (χ3v) is 3.65. The molecular weight excluding hydrogens is 263 g/mol. The van der Waals surface area contributed by atoms with Gasteiger partial charge in [0.1, 0.15) is 5.82 Å². The van der Waals surface area contributed by atoms with Gasteiger partial charge in [0.2, 0.25) is 0 Å². The number of halogens is 1. The molecule has 1 atom stereocenters. The number of pyridine rings is 1. The molecule has 2 nitrogen and oxygen atoms in total. The summed E-state index contributed by atoms with van der Waals surface area (Å²) >= 11 is 0. The van der Waals surface area contributed by atoms with E-state index in [0.29, 0.717) is 0 Å². The molecule has 1 unspecified atom stereocenters. The lowest BCUT2D eigenvalue weighted by atomic mass is 9.95. The Balaban J connectivity index is 2.20. The van der Waals surface area contributed by atoms with Crippen LogP contribution >= 0.6 is 0 Å². The molecule has 0 spiro atoms. The van der Waals surface area contributed by atoms with Gasteiger partial charge >= 0.3 is 0 Å². The van der Waals surface area contributed by atoms with Crippen molar-refractivity contribution in [1.82, 2.24) is 4.98 Å². The van der Waals surface area contributed by atoms with Gasteiger partial charge < -0.3 is 5.73 Å². The maximum absolute atomic E-state index is 13.6. The molecule has 1 heterocycles. The molecule has 3 rings (SSSR count). The van der Waals surface area contributed by atoms with Crippen molar-refractivity contribution in [2.75, 3.05) is 0 Å². The van der Waals surface area contributed by atoms with Crippen molar-refractivity contribution >= 4 is 10.9 Å². The van der Waals surface area contributed by atoms with Gasteiger partial charge in [0.25, 0.3) is 0 Å². The minimum absolute atomic E-state index is 0.146. The van der Waals surface area contributed by atoms with E-state index < -0.39 is 0 Å². The van der Waals surface area contributed by atoms with E-state index in [9.17, 15) is 4.39 Å². The average molecular weight is 280 g/mol. The van der Waals surface area contributed by atoms with Crippen molar-refractivity contribution in [2.24, 2.45) is 5.73 Å². The molecule has 3 aromatic rings. The van der Waals surface area contributed by atoms with E-state index >= 15 is 0 Å². The van der Waals surface area contributed by atoms with E-state index in [1.165, 1.54) is 6.07 Å². The molecule has 0 bridgehead atoms. The second-order valence-corrected chi connectivity index (χ2v) is 5.38. The van der Waals surface area contributed by atoms with Crippen LogP contribution in [0.3, 0.4) is 0 Å². The smallest absolute Gasteiger partial charge is 0.123 e. The van der Waals surface area contributed by atoms with Gasteiger partial charge in [-0.15, -0.1) is 0 Å². The van der Waals surface area contributed by atoms with E-state index in [4.69, 9.17) is 5.73 Å².